The van der Waals surface area contributed by atoms with E-state index in [2.05, 4.69) is 36.0 Å². The smallest absolute Gasteiger partial charge is 0.340 e. The molecule has 164 valence electrons. The van der Waals surface area contributed by atoms with Crippen LogP contribution in [0.25, 0.3) is 11.5 Å². The van der Waals surface area contributed by atoms with Crippen LogP contribution in [0.1, 0.15) is 65.4 Å². The fourth-order valence-electron chi connectivity index (χ4n) is 3.29. The predicted octanol–water partition coefficient (Wildman–Crippen LogP) is 5.13. The fourth-order valence-corrected chi connectivity index (χ4v) is 3.92. The highest BCUT2D eigenvalue weighted by molar-refractivity contribution is 7.99. The second kappa shape index (κ2) is 9.09. The van der Waals surface area contributed by atoms with Gasteiger partial charge >= 0.3 is 5.97 Å². The topological polar surface area (TPSA) is 98.1 Å². The van der Waals surface area contributed by atoms with Gasteiger partial charge in [0.25, 0.3) is 5.22 Å². The molecule has 0 amide bonds. The zero-order valence-corrected chi connectivity index (χ0v) is 19.5. The normalized spacial score (nSPS) is 11.5. The van der Waals surface area contributed by atoms with Crippen LogP contribution in [0.3, 0.4) is 0 Å². The molecule has 0 aliphatic heterocycles. The van der Waals surface area contributed by atoms with Gasteiger partial charge in [-0.15, -0.1) is 10.2 Å². The molecule has 0 saturated heterocycles. The lowest BCUT2D eigenvalue weighted by Crippen LogP contribution is -2.13. The van der Waals surface area contributed by atoms with E-state index in [4.69, 9.17) is 9.15 Å². The van der Waals surface area contributed by atoms with Crippen molar-refractivity contribution in [1.82, 2.24) is 15.2 Å². The number of Topliss-reactive ketones (excluding diaryl/α,β-unsaturated/α-hetero) is 1. The molecule has 0 radical (unpaired) electrons. The molecule has 0 spiro atoms. The molecule has 31 heavy (non-hydrogen) atoms. The number of thioether (sulfide) groups is 1. The van der Waals surface area contributed by atoms with Gasteiger partial charge in [0, 0.05) is 17.0 Å². The van der Waals surface area contributed by atoms with Crippen molar-refractivity contribution in [2.24, 2.45) is 0 Å². The lowest BCUT2D eigenvalue weighted by molar-refractivity contribution is 0.0522. The van der Waals surface area contributed by atoms with E-state index in [0.29, 0.717) is 28.1 Å². The van der Waals surface area contributed by atoms with Crippen molar-refractivity contribution in [3.63, 3.8) is 0 Å². The molecule has 0 aliphatic rings. The van der Waals surface area contributed by atoms with Crippen LogP contribution in [0.5, 0.6) is 0 Å². The van der Waals surface area contributed by atoms with Crippen LogP contribution in [0.2, 0.25) is 0 Å². The summed E-state index contributed by atoms with van der Waals surface area (Å²) in [6.45, 7) is 11.9. The number of aromatic amines is 1. The standard InChI is InChI=1S/C23H27N3O4S/c1-7-29-21(28)19-14(3)24-13(2)18(19)17(27)12-31-22-26-25-20(30-22)15-8-10-16(11-9-15)23(4,5)6/h8-11,24H,7,12H2,1-6H3. The van der Waals surface area contributed by atoms with Gasteiger partial charge in [0.2, 0.25) is 5.89 Å². The van der Waals surface area contributed by atoms with Crippen LogP contribution >= 0.6 is 11.8 Å². The van der Waals surface area contributed by atoms with Gasteiger partial charge in [0.1, 0.15) is 0 Å². The van der Waals surface area contributed by atoms with E-state index in [1.54, 1.807) is 20.8 Å². The zero-order valence-electron chi connectivity index (χ0n) is 18.7. The molecule has 1 aromatic carbocycles. The Bertz CT molecular complexity index is 1090. The van der Waals surface area contributed by atoms with E-state index in [1.165, 1.54) is 5.56 Å². The highest BCUT2D eigenvalue weighted by Crippen LogP contribution is 2.28. The number of aryl methyl sites for hydroxylation is 2. The summed E-state index contributed by atoms with van der Waals surface area (Å²) < 4.78 is 10.8. The van der Waals surface area contributed by atoms with Crippen LogP contribution in [-0.4, -0.2) is 39.3 Å². The van der Waals surface area contributed by atoms with Gasteiger partial charge in [-0.3, -0.25) is 4.79 Å². The summed E-state index contributed by atoms with van der Waals surface area (Å²) in [4.78, 5) is 28.2. The van der Waals surface area contributed by atoms with Gasteiger partial charge in [-0.05, 0) is 43.9 Å². The number of aromatic nitrogens is 3. The Balaban J connectivity index is 1.72. The van der Waals surface area contributed by atoms with Crippen LogP contribution in [0.4, 0.5) is 0 Å². The number of carbonyl (C=O) groups excluding carboxylic acids is 2. The number of nitrogens with zero attached hydrogens (tertiary/aromatic N) is 2. The van der Waals surface area contributed by atoms with Crippen LogP contribution < -0.4 is 0 Å². The molecule has 2 aromatic heterocycles. The van der Waals surface area contributed by atoms with Crippen molar-refractivity contribution in [2.75, 3.05) is 12.4 Å². The number of hydrogen-bond donors (Lipinski definition) is 1. The summed E-state index contributed by atoms with van der Waals surface area (Å²) in [7, 11) is 0. The number of ketones is 1. The molecule has 1 N–H and O–H groups in total. The SMILES string of the molecule is CCOC(=O)c1c(C)[nH]c(C)c1C(=O)CSc1nnc(-c2ccc(C(C)(C)C)cc2)o1. The molecule has 7 nitrogen and oxygen atoms in total. The van der Waals surface area contributed by atoms with Crippen LogP contribution in [0.15, 0.2) is 33.9 Å². The minimum atomic E-state index is -0.503. The Kier molecular flexibility index (Phi) is 6.69. The summed E-state index contributed by atoms with van der Waals surface area (Å²) in [6.07, 6.45) is 0. The average molecular weight is 442 g/mol. The molecule has 0 atom stereocenters. The Morgan fingerprint density at radius 2 is 1.71 bits per heavy atom. The molecule has 0 bridgehead atoms. The number of hydrogen-bond acceptors (Lipinski definition) is 7. The van der Waals surface area contributed by atoms with Gasteiger partial charge < -0.3 is 14.1 Å². The van der Waals surface area contributed by atoms with Gasteiger partial charge in [-0.1, -0.05) is 44.7 Å². The Hall–Kier alpha value is -2.87. The van der Waals surface area contributed by atoms with Crippen molar-refractivity contribution in [1.29, 1.82) is 0 Å². The monoisotopic (exact) mass is 441 g/mol. The average Bonchev–Trinajstić information content (AvgIpc) is 3.29. The molecule has 3 rings (SSSR count). The van der Waals surface area contributed by atoms with E-state index in [0.717, 1.165) is 17.3 Å². The first-order valence-corrected chi connectivity index (χ1v) is 11.1. The maximum Gasteiger partial charge on any atom is 0.340 e. The number of benzene rings is 1. The molecular weight excluding hydrogens is 414 g/mol. The maximum atomic E-state index is 12.9. The summed E-state index contributed by atoms with van der Waals surface area (Å²) in [6, 6.07) is 7.99. The largest absolute Gasteiger partial charge is 0.462 e. The summed E-state index contributed by atoms with van der Waals surface area (Å²) >= 11 is 1.14. The van der Waals surface area contributed by atoms with E-state index in [-0.39, 0.29) is 29.1 Å². The third kappa shape index (κ3) is 5.07. The predicted molar refractivity (Wildman–Crippen MR) is 120 cm³/mol. The van der Waals surface area contributed by atoms with E-state index in [1.807, 2.05) is 24.3 Å². The second-order valence-electron chi connectivity index (χ2n) is 8.26. The van der Waals surface area contributed by atoms with Crippen molar-refractivity contribution >= 4 is 23.5 Å². The quantitative estimate of drug-likeness (QED) is 0.308. The Labute approximate surface area is 186 Å². The van der Waals surface area contributed by atoms with E-state index in [9.17, 15) is 9.59 Å². The zero-order chi connectivity index (χ0) is 22.8. The lowest BCUT2D eigenvalue weighted by Gasteiger charge is -2.18. The summed E-state index contributed by atoms with van der Waals surface area (Å²) in [5, 5.41) is 8.43. The van der Waals surface area contributed by atoms with Gasteiger partial charge in [0.15, 0.2) is 5.78 Å². The first-order chi connectivity index (χ1) is 14.6. The number of rotatable bonds is 7. The van der Waals surface area contributed by atoms with Crippen molar-refractivity contribution in [3.05, 3.63) is 52.3 Å². The third-order valence-corrected chi connectivity index (χ3v) is 5.68. The first kappa shape index (κ1) is 22.8. The van der Waals surface area contributed by atoms with E-state index < -0.39 is 5.97 Å². The maximum absolute atomic E-state index is 12.9. The summed E-state index contributed by atoms with van der Waals surface area (Å²) in [5.41, 5.74) is 3.98. The van der Waals surface area contributed by atoms with Gasteiger partial charge in [-0.25, -0.2) is 4.79 Å². The molecular formula is C23H27N3O4S. The lowest BCUT2D eigenvalue weighted by atomic mass is 9.87. The van der Waals surface area contributed by atoms with Crippen molar-refractivity contribution < 1.29 is 18.7 Å². The van der Waals surface area contributed by atoms with Crippen molar-refractivity contribution in [3.8, 4) is 11.5 Å². The Morgan fingerprint density at radius 1 is 1.06 bits per heavy atom. The number of esters is 1. The Morgan fingerprint density at radius 3 is 2.32 bits per heavy atom. The second-order valence-corrected chi connectivity index (χ2v) is 9.18. The number of ether oxygens (including phenoxy) is 1. The molecule has 0 aliphatic carbocycles. The molecule has 8 heteroatoms. The minimum absolute atomic E-state index is 0.0614. The summed E-state index contributed by atoms with van der Waals surface area (Å²) in [5.74, 6) is -0.244. The molecule has 0 saturated carbocycles. The van der Waals surface area contributed by atoms with E-state index >= 15 is 0 Å². The molecule has 2 heterocycles. The number of nitrogens with one attached hydrogen (secondary N) is 1. The highest BCUT2D eigenvalue weighted by atomic mass is 32.2. The molecule has 3 aromatic rings. The first-order valence-electron chi connectivity index (χ1n) is 10.1. The highest BCUT2D eigenvalue weighted by Gasteiger charge is 2.26. The minimum Gasteiger partial charge on any atom is -0.462 e. The third-order valence-electron chi connectivity index (χ3n) is 4.86. The van der Waals surface area contributed by atoms with Crippen LogP contribution in [0, 0.1) is 13.8 Å². The van der Waals surface area contributed by atoms with Gasteiger partial charge in [-0.2, -0.15) is 0 Å². The van der Waals surface area contributed by atoms with Crippen molar-refractivity contribution in [2.45, 2.75) is 52.2 Å². The van der Waals surface area contributed by atoms with Gasteiger partial charge in [0.05, 0.1) is 23.5 Å². The molecule has 0 fully saturated rings. The number of H-pyrrole nitrogens is 1. The van der Waals surface area contributed by atoms with Crippen LogP contribution in [-0.2, 0) is 10.2 Å². The molecule has 0 unspecified atom stereocenters. The fraction of sp³-hybridized carbons (Fsp3) is 0.391. The number of carbonyl (C=O) groups is 2.